The van der Waals surface area contributed by atoms with E-state index in [1.54, 1.807) is 4.90 Å². The molecule has 1 saturated heterocycles. The number of amides is 1. The molecule has 6 nitrogen and oxygen atoms in total. The van der Waals surface area contributed by atoms with Gasteiger partial charge in [-0.1, -0.05) is 6.92 Å². The Morgan fingerprint density at radius 3 is 2.56 bits per heavy atom. The number of carboxylic acids is 1. The van der Waals surface area contributed by atoms with Crippen molar-refractivity contribution in [1.29, 1.82) is 0 Å². The Kier molecular flexibility index (Phi) is 5.55. The van der Waals surface area contributed by atoms with Crippen LogP contribution < -0.4 is 5.73 Å². The van der Waals surface area contributed by atoms with Crippen LogP contribution in [-0.2, 0) is 14.3 Å². The van der Waals surface area contributed by atoms with Gasteiger partial charge in [-0.05, 0) is 13.3 Å². The highest BCUT2D eigenvalue weighted by atomic mass is 16.5. The third kappa shape index (κ3) is 3.00. The topological polar surface area (TPSA) is 92.9 Å². The van der Waals surface area contributed by atoms with Crippen LogP contribution in [0.1, 0.15) is 20.3 Å². The van der Waals surface area contributed by atoms with Crippen LogP contribution in [-0.4, -0.2) is 54.2 Å². The van der Waals surface area contributed by atoms with Crippen molar-refractivity contribution in [1.82, 2.24) is 4.90 Å². The minimum Gasteiger partial charge on any atom is -0.481 e. The fourth-order valence-electron chi connectivity index (χ4n) is 2.32. The van der Waals surface area contributed by atoms with E-state index in [9.17, 15) is 9.59 Å². The van der Waals surface area contributed by atoms with E-state index >= 15 is 0 Å². The van der Waals surface area contributed by atoms with Gasteiger partial charge in [0.05, 0.1) is 25.2 Å². The number of hydrogen-bond acceptors (Lipinski definition) is 4. The lowest BCUT2D eigenvalue weighted by molar-refractivity contribution is -0.146. The van der Waals surface area contributed by atoms with Crippen LogP contribution in [0.2, 0.25) is 0 Å². The van der Waals surface area contributed by atoms with Crippen molar-refractivity contribution in [3.8, 4) is 0 Å². The molecule has 0 spiro atoms. The molecule has 0 aliphatic carbocycles. The maximum Gasteiger partial charge on any atom is 0.311 e. The van der Waals surface area contributed by atoms with Crippen molar-refractivity contribution in [2.75, 3.05) is 26.3 Å². The molecule has 1 aliphatic heterocycles. The lowest BCUT2D eigenvalue weighted by atomic mass is 9.98. The summed E-state index contributed by atoms with van der Waals surface area (Å²) in [6, 6.07) is -0.374. The number of likely N-dealkylation sites (N-methyl/N-ethyl adjacent to an activating group) is 1. The number of ether oxygens (including phenoxy) is 1. The van der Waals surface area contributed by atoms with Crippen molar-refractivity contribution in [3.05, 3.63) is 0 Å². The van der Waals surface area contributed by atoms with Gasteiger partial charge in [-0.3, -0.25) is 9.59 Å². The minimum absolute atomic E-state index is 0.0655. The Labute approximate surface area is 107 Å². The number of aliphatic carboxylic acids is 1. The maximum atomic E-state index is 12.3. The summed E-state index contributed by atoms with van der Waals surface area (Å²) in [4.78, 5) is 25.0. The molecule has 1 heterocycles. The molecule has 0 bridgehead atoms. The molecule has 6 heteroatoms. The summed E-state index contributed by atoms with van der Waals surface area (Å²) in [6.07, 6.45) is 0.664. The zero-order valence-electron chi connectivity index (χ0n) is 11.0. The summed E-state index contributed by atoms with van der Waals surface area (Å²) in [6.45, 7) is 4.98. The van der Waals surface area contributed by atoms with E-state index in [1.165, 1.54) is 0 Å². The molecule has 0 aromatic rings. The molecule has 1 amide bonds. The standard InChI is InChI=1S/C12H22N2O4/c1-3-8(5-13)11(15)14(4-2)10-7-18-6-9(10)12(16)17/h8-10H,3-7,13H2,1-2H3,(H,16,17). The van der Waals surface area contributed by atoms with Crippen molar-refractivity contribution in [3.63, 3.8) is 0 Å². The van der Waals surface area contributed by atoms with E-state index in [0.29, 0.717) is 13.0 Å². The molecule has 0 aromatic heterocycles. The first-order valence-electron chi connectivity index (χ1n) is 6.37. The molecular weight excluding hydrogens is 236 g/mol. The Hall–Kier alpha value is -1.14. The van der Waals surface area contributed by atoms with Crippen LogP contribution in [0.5, 0.6) is 0 Å². The van der Waals surface area contributed by atoms with Gasteiger partial charge in [-0.25, -0.2) is 0 Å². The molecule has 1 aliphatic rings. The summed E-state index contributed by atoms with van der Waals surface area (Å²) in [5.74, 6) is -1.85. The lowest BCUT2D eigenvalue weighted by Crippen LogP contribution is -2.49. The minimum atomic E-state index is -0.912. The van der Waals surface area contributed by atoms with Gasteiger partial charge >= 0.3 is 5.97 Å². The molecule has 1 fully saturated rings. The number of carbonyl (C=O) groups is 2. The van der Waals surface area contributed by atoms with E-state index in [4.69, 9.17) is 15.6 Å². The van der Waals surface area contributed by atoms with Gasteiger partial charge in [0.2, 0.25) is 5.91 Å². The van der Waals surface area contributed by atoms with E-state index in [-0.39, 0.29) is 37.6 Å². The third-order valence-electron chi connectivity index (χ3n) is 3.52. The van der Waals surface area contributed by atoms with Crippen LogP contribution >= 0.6 is 0 Å². The number of carbonyl (C=O) groups excluding carboxylic acids is 1. The summed E-state index contributed by atoms with van der Waals surface area (Å²) in [5.41, 5.74) is 5.57. The monoisotopic (exact) mass is 258 g/mol. The summed E-state index contributed by atoms with van der Waals surface area (Å²) >= 11 is 0. The van der Waals surface area contributed by atoms with Crippen LogP contribution in [0.3, 0.4) is 0 Å². The zero-order chi connectivity index (χ0) is 13.7. The van der Waals surface area contributed by atoms with Crippen molar-refractivity contribution < 1.29 is 19.4 Å². The highest BCUT2D eigenvalue weighted by molar-refractivity contribution is 5.80. The average molecular weight is 258 g/mol. The second-order valence-electron chi connectivity index (χ2n) is 4.51. The number of nitrogens with zero attached hydrogens (tertiary/aromatic N) is 1. The van der Waals surface area contributed by atoms with Crippen molar-refractivity contribution >= 4 is 11.9 Å². The van der Waals surface area contributed by atoms with Crippen LogP contribution in [0, 0.1) is 11.8 Å². The fraction of sp³-hybridized carbons (Fsp3) is 0.833. The first-order chi connectivity index (χ1) is 8.56. The van der Waals surface area contributed by atoms with Gasteiger partial charge in [0.25, 0.3) is 0 Å². The molecule has 104 valence electrons. The lowest BCUT2D eigenvalue weighted by Gasteiger charge is -2.32. The van der Waals surface area contributed by atoms with Crippen molar-refractivity contribution in [2.24, 2.45) is 17.6 Å². The van der Waals surface area contributed by atoms with Gasteiger partial charge in [0.15, 0.2) is 0 Å². The zero-order valence-corrected chi connectivity index (χ0v) is 11.0. The number of hydrogen-bond donors (Lipinski definition) is 2. The van der Waals surface area contributed by atoms with E-state index in [2.05, 4.69) is 0 Å². The molecule has 3 atom stereocenters. The highest BCUT2D eigenvalue weighted by Gasteiger charge is 2.40. The highest BCUT2D eigenvalue weighted by Crippen LogP contribution is 2.22. The van der Waals surface area contributed by atoms with Gasteiger partial charge in [-0.2, -0.15) is 0 Å². The Balaban J connectivity index is 2.82. The normalized spacial score (nSPS) is 24.8. The number of rotatable bonds is 6. The van der Waals surface area contributed by atoms with E-state index in [1.807, 2.05) is 13.8 Å². The van der Waals surface area contributed by atoms with Crippen LogP contribution in [0.25, 0.3) is 0 Å². The predicted octanol–water partition coefficient (Wildman–Crippen LogP) is -0.0806. The van der Waals surface area contributed by atoms with Crippen LogP contribution in [0.15, 0.2) is 0 Å². The predicted molar refractivity (Wildman–Crippen MR) is 66.0 cm³/mol. The molecule has 1 rings (SSSR count). The quantitative estimate of drug-likeness (QED) is 0.695. The van der Waals surface area contributed by atoms with E-state index in [0.717, 1.165) is 0 Å². The summed E-state index contributed by atoms with van der Waals surface area (Å²) in [5, 5.41) is 9.12. The first-order valence-corrected chi connectivity index (χ1v) is 6.37. The first kappa shape index (κ1) is 14.9. The van der Waals surface area contributed by atoms with Gasteiger partial charge in [0, 0.05) is 13.1 Å². The molecule has 0 saturated carbocycles. The molecule has 3 unspecified atom stereocenters. The molecule has 0 aromatic carbocycles. The Morgan fingerprint density at radius 1 is 1.44 bits per heavy atom. The van der Waals surface area contributed by atoms with E-state index < -0.39 is 11.9 Å². The van der Waals surface area contributed by atoms with Crippen molar-refractivity contribution in [2.45, 2.75) is 26.3 Å². The SMILES string of the molecule is CCC(CN)C(=O)N(CC)C1COCC1C(=O)O. The summed E-state index contributed by atoms with van der Waals surface area (Å²) in [7, 11) is 0. The largest absolute Gasteiger partial charge is 0.481 e. The molecular formula is C12H22N2O4. The maximum absolute atomic E-state index is 12.3. The number of nitrogens with two attached hydrogens (primary N) is 1. The van der Waals surface area contributed by atoms with Gasteiger partial charge in [0.1, 0.15) is 5.92 Å². The van der Waals surface area contributed by atoms with Gasteiger partial charge in [-0.15, -0.1) is 0 Å². The second kappa shape index (κ2) is 6.70. The molecule has 3 N–H and O–H groups in total. The Bertz CT molecular complexity index is 304. The fourth-order valence-corrected chi connectivity index (χ4v) is 2.32. The van der Waals surface area contributed by atoms with Crippen LogP contribution in [0.4, 0.5) is 0 Å². The smallest absolute Gasteiger partial charge is 0.311 e. The Morgan fingerprint density at radius 2 is 2.11 bits per heavy atom. The molecule has 0 radical (unpaired) electrons. The molecule has 18 heavy (non-hydrogen) atoms. The summed E-state index contributed by atoms with van der Waals surface area (Å²) < 4.78 is 5.21. The second-order valence-corrected chi connectivity index (χ2v) is 4.51. The third-order valence-corrected chi connectivity index (χ3v) is 3.52. The average Bonchev–Trinajstić information content (AvgIpc) is 2.81. The van der Waals surface area contributed by atoms with Gasteiger partial charge < -0.3 is 20.5 Å². The number of carboxylic acid groups (broad SMARTS) is 1.